The van der Waals surface area contributed by atoms with Crippen LogP contribution in [0.4, 0.5) is 0 Å². The fraction of sp³-hybridized carbons (Fsp3) is 0.0588. The molecule has 2 aromatic carbocycles. The van der Waals surface area contributed by atoms with Gasteiger partial charge in [-0.3, -0.25) is 4.79 Å². The fourth-order valence-corrected chi connectivity index (χ4v) is 2.09. The third kappa shape index (κ3) is 2.84. The van der Waals surface area contributed by atoms with Crippen molar-refractivity contribution in [2.75, 3.05) is 0 Å². The minimum Gasteiger partial charge on any atom is -0.422 e. The largest absolute Gasteiger partial charge is 0.422 e. The standard InChI is InChI=1S/C17H13NO3/c19-16(18-11-12-6-2-1-3-7-12)14-10-13-8-4-5-9-15(13)21-17(14)20/h1-10H,11H2,(H,18,19). The second-order valence-corrected chi connectivity index (χ2v) is 4.65. The van der Waals surface area contributed by atoms with E-state index in [9.17, 15) is 9.59 Å². The molecule has 4 nitrogen and oxygen atoms in total. The maximum Gasteiger partial charge on any atom is 0.349 e. The highest BCUT2D eigenvalue weighted by molar-refractivity contribution is 5.96. The van der Waals surface area contributed by atoms with E-state index in [1.165, 1.54) is 0 Å². The summed E-state index contributed by atoms with van der Waals surface area (Å²) in [5.41, 5.74) is 0.835. The number of carbonyl (C=O) groups excluding carboxylic acids is 1. The molecular weight excluding hydrogens is 266 g/mol. The highest BCUT2D eigenvalue weighted by Crippen LogP contribution is 2.12. The van der Waals surface area contributed by atoms with Gasteiger partial charge in [-0.15, -0.1) is 0 Å². The highest BCUT2D eigenvalue weighted by Gasteiger charge is 2.13. The molecule has 0 bridgehead atoms. The van der Waals surface area contributed by atoms with Crippen molar-refractivity contribution in [1.29, 1.82) is 0 Å². The average molecular weight is 279 g/mol. The summed E-state index contributed by atoms with van der Waals surface area (Å²) in [4.78, 5) is 24.0. The van der Waals surface area contributed by atoms with Crippen molar-refractivity contribution in [3.05, 3.63) is 82.2 Å². The molecule has 3 rings (SSSR count). The highest BCUT2D eigenvalue weighted by atomic mass is 16.4. The van der Waals surface area contributed by atoms with Crippen LogP contribution in [0.15, 0.2) is 69.9 Å². The topological polar surface area (TPSA) is 59.3 Å². The quantitative estimate of drug-likeness (QED) is 0.750. The van der Waals surface area contributed by atoms with Crippen LogP contribution in [0.1, 0.15) is 15.9 Å². The van der Waals surface area contributed by atoms with Crippen LogP contribution in [0.3, 0.4) is 0 Å². The third-order valence-electron chi connectivity index (χ3n) is 3.18. The third-order valence-corrected chi connectivity index (χ3v) is 3.18. The molecule has 1 amide bonds. The Hall–Kier alpha value is -2.88. The first-order chi connectivity index (χ1) is 10.2. The van der Waals surface area contributed by atoms with Gasteiger partial charge in [-0.1, -0.05) is 48.5 Å². The zero-order valence-corrected chi connectivity index (χ0v) is 11.2. The number of rotatable bonds is 3. The lowest BCUT2D eigenvalue weighted by atomic mass is 10.1. The molecule has 4 heteroatoms. The number of hydrogen-bond acceptors (Lipinski definition) is 3. The number of hydrogen-bond donors (Lipinski definition) is 1. The van der Waals surface area contributed by atoms with Crippen LogP contribution in [0.25, 0.3) is 11.0 Å². The Morgan fingerprint density at radius 3 is 2.52 bits per heavy atom. The van der Waals surface area contributed by atoms with Crippen molar-refractivity contribution in [2.45, 2.75) is 6.54 Å². The van der Waals surface area contributed by atoms with E-state index in [0.717, 1.165) is 10.9 Å². The number of nitrogens with one attached hydrogen (secondary N) is 1. The van der Waals surface area contributed by atoms with E-state index in [4.69, 9.17) is 4.42 Å². The minimum absolute atomic E-state index is 0.0182. The second kappa shape index (κ2) is 5.63. The number of amides is 1. The average Bonchev–Trinajstić information content (AvgIpc) is 2.53. The number of fused-ring (bicyclic) bond motifs is 1. The maximum atomic E-state index is 12.1. The molecular formula is C17H13NO3. The van der Waals surface area contributed by atoms with Crippen LogP contribution in [0.5, 0.6) is 0 Å². The number of carbonyl (C=O) groups is 1. The first kappa shape index (κ1) is 13.1. The summed E-state index contributed by atoms with van der Waals surface area (Å²) in [6, 6.07) is 18.2. The molecule has 0 atom stereocenters. The van der Waals surface area contributed by atoms with Crippen molar-refractivity contribution >= 4 is 16.9 Å². The molecule has 0 unspecified atom stereocenters. The normalized spacial score (nSPS) is 10.5. The Balaban J connectivity index is 1.84. The molecule has 1 heterocycles. The van der Waals surface area contributed by atoms with E-state index in [1.807, 2.05) is 36.4 Å². The zero-order chi connectivity index (χ0) is 14.7. The molecule has 104 valence electrons. The van der Waals surface area contributed by atoms with E-state index in [-0.39, 0.29) is 5.56 Å². The van der Waals surface area contributed by atoms with Gasteiger partial charge in [-0.2, -0.15) is 0 Å². The monoisotopic (exact) mass is 279 g/mol. The molecule has 1 aromatic heterocycles. The summed E-state index contributed by atoms with van der Waals surface area (Å²) in [5.74, 6) is -0.432. The van der Waals surface area contributed by atoms with Crippen molar-refractivity contribution in [2.24, 2.45) is 0 Å². The summed E-state index contributed by atoms with van der Waals surface area (Å²) in [5, 5.41) is 3.45. The van der Waals surface area contributed by atoms with Gasteiger partial charge in [0.15, 0.2) is 0 Å². The Labute approximate surface area is 121 Å². The first-order valence-electron chi connectivity index (χ1n) is 6.59. The lowest BCUT2D eigenvalue weighted by Crippen LogP contribution is -2.27. The van der Waals surface area contributed by atoms with Crippen LogP contribution in [0.2, 0.25) is 0 Å². The summed E-state index contributed by atoms with van der Waals surface area (Å²) < 4.78 is 5.15. The van der Waals surface area contributed by atoms with E-state index >= 15 is 0 Å². The lowest BCUT2D eigenvalue weighted by Gasteiger charge is -2.05. The predicted octanol–water partition coefficient (Wildman–Crippen LogP) is 2.72. The lowest BCUT2D eigenvalue weighted by molar-refractivity contribution is 0.0947. The molecule has 3 aromatic rings. The van der Waals surface area contributed by atoms with Gasteiger partial charge in [0, 0.05) is 11.9 Å². The summed E-state index contributed by atoms with van der Waals surface area (Å²) >= 11 is 0. The maximum absolute atomic E-state index is 12.1. The molecule has 0 aliphatic carbocycles. The zero-order valence-electron chi connectivity index (χ0n) is 11.2. The van der Waals surface area contributed by atoms with Crippen LogP contribution in [0, 0.1) is 0 Å². The Bertz CT molecular complexity index is 837. The van der Waals surface area contributed by atoms with Gasteiger partial charge in [-0.05, 0) is 17.7 Å². The van der Waals surface area contributed by atoms with Crippen molar-refractivity contribution in [1.82, 2.24) is 5.32 Å². The van der Waals surface area contributed by atoms with E-state index in [1.54, 1.807) is 24.3 Å². The van der Waals surface area contributed by atoms with Gasteiger partial charge >= 0.3 is 5.63 Å². The smallest absolute Gasteiger partial charge is 0.349 e. The van der Waals surface area contributed by atoms with Gasteiger partial charge < -0.3 is 9.73 Å². The molecule has 1 N–H and O–H groups in total. The minimum atomic E-state index is -0.626. The van der Waals surface area contributed by atoms with Crippen LogP contribution >= 0.6 is 0 Å². The van der Waals surface area contributed by atoms with E-state index in [0.29, 0.717) is 12.1 Å². The summed E-state index contributed by atoms with van der Waals surface area (Å²) in [6.07, 6.45) is 0. The molecule has 0 aliphatic rings. The molecule has 0 aliphatic heterocycles. The Kier molecular flexibility index (Phi) is 3.51. The molecule has 0 saturated carbocycles. The molecule has 0 spiro atoms. The molecule has 0 radical (unpaired) electrons. The van der Waals surface area contributed by atoms with Crippen LogP contribution in [-0.4, -0.2) is 5.91 Å². The van der Waals surface area contributed by atoms with Crippen molar-refractivity contribution < 1.29 is 9.21 Å². The first-order valence-corrected chi connectivity index (χ1v) is 6.59. The SMILES string of the molecule is O=C(NCc1ccccc1)c1cc2ccccc2oc1=O. The summed E-state index contributed by atoms with van der Waals surface area (Å²) in [7, 11) is 0. The fourth-order valence-electron chi connectivity index (χ4n) is 2.09. The van der Waals surface area contributed by atoms with Gasteiger partial charge in [0.1, 0.15) is 11.1 Å². The van der Waals surface area contributed by atoms with Gasteiger partial charge in [0.2, 0.25) is 0 Å². The van der Waals surface area contributed by atoms with Crippen LogP contribution in [-0.2, 0) is 6.54 Å². The number of para-hydroxylation sites is 1. The molecule has 0 fully saturated rings. The second-order valence-electron chi connectivity index (χ2n) is 4.65. The Morgan fingerprint density at radius 2 is 1.71 bits per heavy atom. The van der Waals surface area contributed by atoms with Crippen molar-refractivity contribution in [3.63, 3.8) is 0 Å². The van der Waals surface area contributed by atoms with E-state index < -0.39 is 11.5 Å². The predicted molar refractivity (Wildman–Crippen MR) is 80.1 cm³/mol. The van der Waals surface area contributed by atoms with E-state index in [2.05, 4.69) is 5.32 Å². The van der Waals surface area contributed by atoms with Gasteiger partial charge in [0.25, 0.3) is 5.91 Å². The van der Waals surface area contributed by atoms with Crippen molar-refractivity contribution in [3.8, 4) is 0 Å². The van der Waals surface area contributed by atoms with Gasteiger partial charge in [0.05, 0.1) is 0 Å². The number of benzene rings is 2. The molecule has 21 heavy (non-hydrogen) atoms. The summed E-state index contributed by atoms with van der Waals surface area (Å²) in [6.45, 7) is 0.367. The van der Waals surface area contributed by atoms with Crippen LogP contribution < -0.4 is 10.9 Å². The molecule has 0 saturated heterocycles. The Morgan fingerprint density at radius 1 is 1.00 bits per heavy atom. The van der Waals surface area contributed by atoms with Gasteiger partial charge in [-0.25, -0.2) is 4.79 Å².